The van der Waals surface area contributed by atoms with Gasteiger partial charge in [-0.15, -0.1) is 0 Å². The third-order valence-electron chi connectivity index (χ3n) is 7.28. The Balaban J connectivity index is 1.67. The van der Waals surface area contributed by atoms with Crippen molar-refractivity contribution < 1.29 is 32.3 Å². The Morgan fingerprint density at radius 2 is 1.74 bits per heavy atom. The van der Waals surface area contributed by atoms with E-state index < -0.39 is 53.8 Å². The molecule has 1 unspecified atom stereocenters. The molecule has 0 bridgehead atoms. The van der Waals surface area contributed by atoms with E-state index in [0.29, 0.717) is 28.7 Å². The van der Waals surface area contributed by atoms with E-state index in [4.69, 9.17) is 7.85 Å². The number of aromatic nitrogens is 2. The number of hydrogen-bond acceptors (Lipinski definition) is 4. The fraction of sp³-hybridized carbons (Fsp3) is 0.233. The van der Waals surface area contributed by atoms with Gasteiger partial charge in [-0.1, -0.05) is 36.4 Å². The molecule has 7 nitrogen and oxygen atoms in total. The summed E-state index contributed by atoms with van der Waals surface area (Å²) in [5, 5.41) is 17.5. The third kappa shape index (κ3) is 5.29. The second kappa shape index (κ2) is 11.4. The number of fused-ring (bicyclic) bond motifs is 1. The summed E-state index contributed by atoms with van der Waals surface area (Å²) in [6.07, 6.45) is -4.68. The van der Waals surface area contributed by atoms with Gasteiger partial charge in [-0.2, -0.15) is 18.3 Å². The first-order chi connectivity index (χ1) is 20.0. The predicted molar refractivity (Wildman–Crippen MR) is 148 cm³/mol. The number of nitrogens with one attached hydrogen (secondary N) is 1. The summed E-state index contributed by atoms with van der Waals surface area (Å²) in [5.74, 6) is -3.83. The highest BCUT2D eigenvalue weighted by molar-refractivity contribution is 6.18. The lowest BCUT2D eigenvalue weighted by Crippen LogP contribution is -2.51. The molecule has 1 aromatic heterocycles. The number of aliphatic hydroxyl groups is 1. The van der Waals surface area contributed by atoms with Crippen LogP contribution in [0.1, 0.15) is 45.6 Å². The molecule has 2 radical (unpaired) electrons. The highest BCUT2D eigenvalue weighted by atomic mass is 19.4. The van der Waals surface area contributed by atoms with Crippen molar-refractivity contribution in [2.45, 2.75) is 37.5 Å². The number of para-hydroxylation sites is 1. The molecule has 2 N–H and O–H groups in total. The molecular formula is C30H25BF4N4O3. The number of anilines is 1. The van der Waals surface area contributed by atoms with Gasteiger partial charge in [-0.3, -0.25) is 14.5 Å². The van der Waals surface area contributed by atoms with Crippen LogP contribution in [0.2, 0.25) is 5.82 Å². The Labute approximate surface area is 240 Å². The number of rotatable bonds is 6. The molecule has 0 saturated heterocycles. The number of amides is 2. The topological polar surface area (TPSA) is 87.5 Å². The van der Waals surface area contributed by atoms with Gasteiger partial charge in [0.05, 0.1) is 31.4 Å². The van der Waals surface area contributed by atoms with Crippen molar-refractivity contribution >= 4 is 25.5 Å². The van der Waals surface area contributed by atoms with Crippen LogP contribution < -0.4 is 10.2 Å². The molecule has 0 fully saturated rings. The SMILES string of the molecule is [B]C1[C@@H](c2ccc(F)cc2)c2c(CO)nn(-c3ccccc3)c2N(CC)C(=O)[C@H]1NC(=O)c1cccc(C(F)(F)F)c1. The van der Waals surface area contributed by atoms with Crippen LogP contribution in [0.25, 0.3) is 5.69 Å². The van der Waals surface area contributed by atoms with Gasteiger partial charge < -0.3 is 10.4 Å². The van der Waals surface area contributed by atoms with Crippen molar-refractivity contribution in [3.63, 3.8) is 0 Å². The molecular weight excluding hydrogens is 551 g/mol. The third-order valence-corrected chi connectivity index (χ3v) is 7.28. The minimum absolute atomic E-state index is 0.105. The maximum atomic E-state index is 14.1. The maximum Gasteiger partial charge on any atom is 0.416 e. The van der Waals surface area contributed by atoms with Gasteiger partial charge in [0.25, 0.3) is 5.91 Å². The summed E-state index contributed by atoms with van der Waals surface area (Å²) in [7, 11) is 6.76. The van der Waals surface area contributed by atoms with Crippen LogP contribution in [-0.2, 0) is 17.6 Å². The Hall–Kier alpha value is -4.45. The minimum Gasteiger partial charge on any atom is -0.390 e. The van der Waals surface area contributed by atoms with Gasteiger partial charge in [-0.05, 0) is 60.8 Å². The zero-order valence-corrected chi connectivity index (χ0v) is 22.3. The number of carbonyl (C=O) groups excluding carboxylic acids is 2. The van der Waals surface area contributed by atoms with E-state index in [9.17, 15) is 32.3 Å². The first kappa shape index (κ1) is 29.1. The molecule has 0 aliphatic carbocycles. The van der Waals surface area contributed by atoms with Gasteiger partial charge >= 0.3 is 6.18 Å². The molecule has 3 aromatic carbocycles. The molecule has 1 aliphatic rings. The van der Waals surface area contributed by atoms with Crippen molar-refractivity contribution in [1.82, 2.24) is 15.1 Å². The smallest absolute Gasteiger partial charge is 0.390 e. The van der Waals surface area contributed by atoms with E-state index in [1.807, 2.05) is 0 Å². The van der Waals surface area contributed by atoms with E-state index in [2.05, 4.69) is 10.4 Å². The number of alkyl halides is 3. The first-order valence-electron chi connectivity index (χ1n) is 13.1. The Morgan fingerprint density at radius 3 is 2.36 bits per heavy atom. The lowest BCUT2D eigenvalue weighted by atomic mass is 9.66. The number of nitrogens with zero attached hydrogens (tertiary/aromatic N) is 3. The van der Waals surface area contributed by atoms with Crippen molar-refractivity contribution in [2.75, 3.05) is 11.4 Å². The second-order valence-corrected chi connectivity index (χ2v) is 9.81. The van der Waals surface area contributed by atoms with Gasteiger partial charge in [0.1, 0.15) is 17.7 Å². The van der Waals surface area contributed by atoms with Crippen molar-refractivity contribution in [3.8, 4) is 5.69 Å². The largest absolute Gasteiger partial charge is 0.416 e. The monoisotopic (exact) mass is 576 g/mol. The summed E-state index contributed by atoms with van der Waals surface area (Å²) in [4.78, 5) is 28.8. The van der Waals surface area contributed by atoms with E-state index in [1.165, 1.54) is 39.9 Å². The van der Waals surface area contributed by atoms with E-state index in [-0.39, 0.29) is 17.8 Å². The van der Waals surface area contributed by atoms with E-state index >= 15 is 0 Å². The van der Waals surface area contributed by atoms with Gasteiger partial charge in [0.15, 0.2) is 0 Å². The average Bonchev–Trinajstić information content (AvgIpc) is 3.32. The quantitative estimate of drug-likeness (QED) is 0.256. The fourth-order valence-corrected chi connectivity index (χ4v) is 5.32. The Morgan fingerprint density at radius 1 is 1.05 bits per heavy atom. The summed E-state index contributed by atoms with van der Waals surface area (Å²) in [5.41, 5.74) is 0.365. The van der Waals surface area contributed by atoms with Crippen LogP contribution in [-0.4, -0.2) is 47.1 Å². The Bertz CT molecular complexity index is 1610. The number of likely N-dealkylation sites (N-methyl/N-ethyl adjacent to an activating group) is 1. The van der Waals surface area contributed by atoms with Crippen LogP contribution in [0.5, 0.6) is 0 Å². The normalized spacial score (nSPS) is 18.9. The zero-order valence-electron chi connectivity index (χ0n) is 22.3. The molecule has 12 heteroatoms. The molecule has 2 amide bonds. The molecule has 214 valence electrons. The fourth-order valence-electron chi connectivity index (χ4n) is 5.32. The van der Waals surface area contributed by atoms with Gasteiger partial charge in [0.2, 0.25) is 5.91 Å². The standard InChI is InChI=1S/C30H25BF4N4O3/c1-2-38-28-24(22(16-40)37-39(28)21-9-4-3-5-10-21)23(17-11-13-20(32)14-12-17)25(31)26(29(38)42)36-27(41)18-7-6-8-19(15-18)30(33,34)35/h3-15,23,25-26,40H,2,16H2,1H3,(H,36,41)/t23-,25?,26-/m0/s1. The lowest BCUT2D eigenvalue weighted by Gasteiger charge is -2.30. The second-order valence-electron chi connectivity index (χ2n) is 9.81. The summed E-state index contributed by atoms with van der Waals surface area (Å²) < 4.78 is 55.4. The minimum atomic E-state index is -4.68. The summed E-state index contributed by atoms with van der Waals surface area (Å²) in [6, 6.07) is 16.7. The van der Waals surface area contributed by atoms with E-state index in [1.54, 1.807) is 37.3 Å². The van der Waals surface area contributed by atoms with Gasteiger partial charge in [-0.25, -0.2) is 9.07 Å². The van der Waals surface area contributed by atoms with Crippen molar-refractivity contribution in [3.05, 3.63) is 113 Å². The zero-order chi connectivity index (χ0) is 30.2. The van der Waals surface area contributed by atoms with Crippen LogP contribution in [0.15, 0.2) is 78.9 Å². The summed E-state index contributed by atoms with van der Waals surface area (Å²) in [6.45, 7) is 1.30. The number of benzene rings is 3. The summed E-state index contributed by atoms with van der Waals surface area (Å²) >= 11 is 0. The Kier molecular flexibility index (Phi) is 7.92. The highest BCUT2D eigenvalue weighted by Gasteiger charge is 2.45. The van der Waals surface area contributed by atoms with Crippen molar-refractivity contribution in [1.29, 1.82) is 0 Å². The number of carbonyl (C=O) groups is 2. The molecule has 0 saturated carbocycles. The molecule has 0 spiro atoms. The number of hydrogen-bond donors (Lipinski definition) is 2. The molecule has 5 rings (SSSR count). The van der Waals surface area contributed by atoms with Gasteiger partial charge in [0, 0.05) is 23.6 Å². The predicted octanol–water partition coefficient (Wildman–Crippen LogP) is 4.78. The molecule has 1 aliphatic heterocycles. The van der Waals surface area contributed by atoms with Crippen LogP contribution in [0, 0.1) is 5.82 Å². The molecule has 3 atom stereocenters. The molecule has 2 heterocycles. The van der Waals surface area contributed by atoms with Crippen LogP contribution in [0.3, 0.4) is 0 Å². The molecule has 42 heavy (non-hydrogen) atoms. The number of halogens is 4. The van der Waals surface area contributed by atoms with Crippen molar-refractivity contribution in [2.24, 2.45) is 0 Å². The van der Waals surface area contributed by atoms with Crippen LogP contribution >= 0.6 is 0 Å². The average molecular weight is 576 g/mol. The van der Waals surface area contributed by atoms with E-state index in [0.717, 1.165) is 12.1 Å². The van der Waals surface area contributed by atoms with Crippen LogP contribution in [0.4, 0.5) is 23.4 Å². The maximum absolute atomic E-state index is 14.1. The number of aliphatic hydroxyl groups excluding tert-OH is 1. The first-order valence-corrected chi connectivity index (χ1v) is 13.1. The highest BCUT2D eigenvalue weighted by Crippen LogP contribution is 2.47. The lowest BCUT2D eigenvalue weighted by molar-refractivity contribution is -0.137. The molecule has 4 aromatic rings.